The summed E-state index contributed by atoms with van der Waals surface area (Å²) >= 11 is 7.20. The lowest BCUT2D eigenvalue weighted by Gasteiger charge is -2.26. The van der Waals surface area contributed by atoms with Gasteiger partial charge in [-0.2, -0.15) is 13.2 Å². The van der Waals surface area contributed by atoms with Gasteiger partial charge in [0.25, 0.3) is 0 Å². The van der Waals surface area contributed by atoms with Gasteiger partial charge >= 0.3 is 6.18 Å². The van der Waals surface area contributed by atoms with E-state index in [0.29, 0.717) is 16.9 Å². The number of hydrogen-bond acceptors (Lipinski definition) is 9. The molecule has 0 unspecified atom stereocenters. The van der Waals surface area contributed by atoms with Crippen molar-refractivity contribution in [2.45, 2.75) is 24.0 Å². The van der Waals surface area contributed by atoms with Gasteiger partial charge in [-0.05, 0) is 42.8 Å². The second kappa shape index (κ2) is 10.7. The molecule has 1 aromatic carbocycles. The zero-order valence-electron chi connectivity index (χ0n) is 20.1. The summed E-state index contributed by atoms with van der Waals surface area (Å²) in [4.78, 5) is 9.89. The number of sulfone groups is 1. The molecule has 0 amide bonds. The fourth-order valence-electron chi connectivity index (χ4n) is 3.82. The molecular weight excluding hydrogens is 553 g/mol. The molecule has 0 atom stereocenters. The number of halogens is 4. The van der Waals surface area contributed by atoms with E-state index >= 15 is 0 Å². The Kier molecular flexibility index (Phi) is 8.00. The second-order valence-electron chi connectivity index (χ2n) is 8.54. The molecule has 0 saturated heterocycles. The average Bonchev–Trinajstić information content (AvgIpc) is 3.24. The van der Waals surface area contributed by atoms with Crippen LogP contribution in [0, 0.1) is 0 Å². The van der Waals surface area contributed by atoms with E-state index in [4.69, 9.17) is 21.1 Å². The molecule has 0 radical (unpaired) electrons. The lowest BCUT2D eigenvalue weighted by atomic mass is 9.99. The molecule has 3 heterocycles. The van der Waals surface area contributed by atoms with E-state index in [9.17, 15) is 21.6 Å². The van der Waals surface area contributed by atoms with Crippen molar-refractivity contribution >= 4 is 44.4 Å². The van der Waals surface area contributed by atoms with Crippen LogP contribution in [0.15, 0.2) is 29.3 Å². The van der Waals surface area contributed by atoms with Crippen LogP contribution < -0.4 is 10.1 Å². The Morgan fingerprint density at radius 2 is 1.97 bits per heavy atom. The maximum Gasteiger partial charge on any atom is 0.420 e. The third kappa shape index (κ3) is 6.34. The van der Waals surface area contributed by atoms with Gasteiger partial charge in [-0.15, -0.1) is 0 Å². The number of nitrogens with one attached hydrogen (secondary N) is 1. The van der Waals surface area contributed by atoms with Crippen LogP contribution in [0.5, 0.6) is 5.06 Å². The average molecular weight is 577 g/mol. The molecule has 37 heavy (non-hydrogen) atoms. The van der Waals surface area contributed by atoms with E-state index in [1.165, 1.54) is 7.11 Å². The Morgan fingerprint density at radius 1 is 1.22 bits per heavy atom. The van der Waals surface area contributed by atoms with E-state index in [-0.39, 0.29) is 34.0 Å². The molecule has 2 aromatic heterocycles. The molecule has 0 saturated carbocycles. The molecular formula is C23H24ClF3N4O4S2. The Balaban J connectivity index is 1.75. The molecule has 1 aliphatic heterocycles. The molecule has 8 nitrogen and oxygen atoms in total. The first-order valence-electron chi connectivity index (χ1n) is 11.0. The normalized spacial score (nSPS) is 14.5. The fourth-order valence-corrected chi connectivity index (χ4v) is 6.34. The van der Waals surface area contributed by atoms with Gasteiger partial charge in [0.1, 0.15) is 17.1 Å². The molecule has 0 fully saturated rings. The van der Waals surface area contributed by atoms with Crippen LogP contribution in [0.25, 0.3) is 10.6 Å². The van der Waals surface area contributed by atoms with E-state index in [1.54, 1.807) is 0 Å². The lowest BCUT2D eigenvalue weighted by molar-refractivity contribution is -0.137. The number of methoxy groups -OCH3 is 1. The van der Waals surface area contributed by atoms with Crippen molar-refractivity contribution in [1.29, 1.82) is 0 Å². The van der Waals surface area contributed by atoms with Crippen LogP contribution >= 0.6 is 22.9 Å². The Hall–Kier alpha value is -2.45. The Labute approximate surface area is 221 Å². The van der Waals surface area contributed by atoms with Gasteiger partial charge in [0.2, 0.25) is 5.95 Å². The van der Waals surface area contributed by atoms with Gasteiger partial charge < -0.3 is 19.7 Å². The van der Waals surface area contributed by atoms with Crippen LogP contribution in [-0.2, 0) is 33.7 Å². The van der Waals surface area contributed by atoms with Gasteiger partial charge in [0.15, 0.2) is 14.9 Å². The summed E-state index contributed by atoms with van der Waals surface area (Å²) < 4.78 is 76.6. The number of fused-ring (bicyclic) bond motifs is 1. The van der Waals surface area contributed by atoms with Gasteiger partial charge in [0, 0.05) is 32.7 Å². The number of thiophene rings is 1. The van der Waals surface area contributed by atoms with Crippen LogP contribution in [0.2, 0.25) is 5.02 Å². The largest absolute Gasteiger partial charge is 0.480 e. The van der Waals surface area contributed by atoms with Crippen molar-refractivity contribution < 1.29 is 31.1 Å². The topological polar surface area (TPSA) is 93.7 Å². The summed E-state index contributed by atoms with van der Waals surface area (Å²) in [5, 5.41) is 3.25. The van der Waals surface area contributed by atoms with E-state index < -0.39 is 27.3 Å². The molecule has 1 aliphatic rings. The van der Waals surface area contributed by atoms with Crippen LogP contribution in [0.4, 0.5) is 24.8 Å². The first-order valence-corrected chi connectivity index (χ1v) is 14.1. The molecule has 1 N–H and O–H groups in total. The minimum Gasteiger partial charge on any atom is -0.480 e. The monoisotopic (exact) mass is 576 g/mol. The highest BCUT2D eigenvalue weighted by atomic mass is 35.5. The van der Waals surface area contributed by atoms with Gasteiger partial charge in [-0.25, -0.2) is 18.4 Å². The molecule has 200 valence electrons. The van der Waals surface area contributed by atoms with Gasteiger partial charge in [0.05, 0.1) is 27.9 Å². The highest BCUT2D eigenvalue weighted by Gasteiger charge is 2.37. The number of rotatable bonds is 8. The first kappa shape index (κ1) is 27.6. The maximum atomic E-state index is 13.9. The molecule has 4 rings (SSSR count). The molecule has 14 heteroatoms. The minimum absolute atomic E-state index is 0.0221. The lowest BCUT2D eigenvalue weighted by Crippen LogP contribution is -2.26. The summed E-state index contributed by atoms with van der Waals surface area (Å²) in [6.45, 7) is 1.80. The van der Waals surface area contributed by atoms with Crippen molar-refractivity contribution in [2.75, 3.05) is 45.5 Å². The Bertz CT molecular complexity index is 1410. The van der Waals surface area contributed by atoms with Gasteiger partial charge in [-0.3, -0.25) is 0 Å². The molecule has 0 bridgehead atoms. The Morgan fingerprint density at radius 3 is 2.65 bits per heavy atom. The highest BCUT2D eigenvalue weighted by Crippen LogP contribution is 2.44. The third-order valence-electron chi connectivity index (χ3n) is 5.65. The first-order chi connectivity index (χ1) is 17.4. The van der Waals surface area contributed by atoms with Crippen molar-refractivity contribution in [3.8, 4) is 15.6 Å². The number of nitrogens with zero attached hydrogens (tertiary/aromatic N) is 3. The molecule has 0 spiro atoms. The minimum atomic E-state index is -4.78. The molecule has 0 aliphatic carbocycles. The van der Waals surface area contributed by atoms with Crippen LogP contribution in [0.3, 0.4) is 0 Å². The number of likely N-dealkylation sites (N-methyl/N-ethyl adjacent to an activating group) is 1. The third-order valence-corrected chi connectivity index (χ3v) is 8.25. The molecule has 3 aromatic rings. The number of alkyl halides is 3. The van der Waals surface area contributed by atoms with Crippen LogP contribution in [0.1, 0.15) is 16.7 Å². The number of ether oxygens (including phenoxy) is 2. The number of benzene rings is 1. The van der Waals surface area contributed by atoms with Crippen LogP contribution in [-0.4, -0.2) is 63.5 Å². The second-order valence-corrected chi connectivity index (χ2v) is 11.9. The predicted octanol–water partition coefficient (Wildman–Crippen LogP) is 5.04. The summed E-state index contributed by atoms with van der Waals surface area (Å²) in [5.41, 5.74) is 1.03. The number of anilines is 2. The summed E-state index contributed by atoms with van der Waals surface area (Å²) in [7, 11) is -0.348. The quantitative estimate of drug-likeness (QED) is 0.373. The summed E-state index contributed by atoms with van der Waals surface area (Å²) in [5.74, 6) is -0.117. The highest BCUT2D eigenvalue weighted by molar-refractivity contribution is 7.91. The number of hydrogen-bond donors (Lipinski definition) is 1. The van der Waals surface area contributed by atoms with E-state index in [1.807, 2.05) is 19.2 Å². The van der Waals surface area contributed by atoms with E-state index in [0.717, 1.165) is 54.3 Å². The maximum absolute atomic E-state index is 13.9. The standard InChI is InChI=1S/C23H24ClF3N4O4S2/c1-31-5-4-13-9-17(16(24)8-14(13)12-31)29-22-28-11-15(23(25,26)27)20(30-22)18-10-19(37(3,32)33)21(36-18)35-7-6-34-2/h8-11H,4-7,12H2,1-3H3,(H,28,29,30). The van der Waals surface area contributed by atoms with Crippen molar-refractivity contribution in [3.05, 3.63) is 46.1 Å². The summed E-state index contributed by atoms with van der Waals surface area (Å²) in [6.07, 6.45) is -2.37. The smallest absolute Gasteiger partial charge is 0.420 e. The zero-order valence-corrected chi connectivity index (χ0v) is 22.5. The van der Waals surface area contributed by atoms with Crippen molar-refractivity contribution in [3.63, 3.8) is 0 Å². The van der Waals surface area contributed by atoms with Gasteiger partial charge in [-0.1, -0.05) is 22.9 Å². The van der Waals surface area contributed by atoms with E-state index in [2.05, 4.69) is 20.2 Å². The number of aromatic nitrogens is 2. The fraction of sp³-hybridized carbons (Fsp3) is 0.391. The van der Waals surface area contributed by atoms with Crippen molar-refractivity contribution in [1.82, 2.24) is 14.9 Å². The predicted molar refractivity (Wildman–Crippen MR) is 136 cm³/mol. The van der Waals surface area contributed by atoms with Crippen molar-refractivity contribution in [2.24, 2.45) is 0 Å². The summed E-state index contributed by atoms with van der Waals surface area (Å²) in [6, 6.07) is 4.80. The SMILES string of the molecule is COCCOc1sc(-c2nc(Nc3cc4c(cc3Cl)CN(C)CC4)ncc2C(F)(F)F)cc1S(C)(=O)=O. The zero-order chi connectivity index (χ0) is 27.0.